The maximum Gasteiger partial charge on any atom is 0.305 e. The van der Waals surface area contributed by atoms with Crippen molar-refractivity contribution < 1.29 is 14.7 Å². The molecule has 1 amide bonds. The zero-order valence-electron chi connectivity index (χ0n) is 12.8. The standard InChI is InChI=1S/C16H22N2O3/c1-16(2,3)11-6-7-13(17-10-11)15(21)18-8-4-5-12(18)9-14(19)20/h6-7,10,12H,4-5,8-9H2,1-3H3,(H,19,20). The van der Waals surface area contributed by atoms with Gasteiger partial charge >= 0.3 is 5.97 Å². The van der Waals surface area contributed by atoms with Crippen LogP contribution in [-0.2, 0) is 10.2 Å². The number of likely N-dealkylation sites (tertiary alicyclic amines) is 1. The number of carboxylic acid groups (broad SMARTS) is 1. The number of pyridine rings is 1. The molecule has 1 unspecified atom stereocenters. The second kappa shape index (κ2) is 5.84. The summed E-state index contributed by atoms with van der Waals surface area (Å²) in [7, 11) is 0. The minimum absolute atomic E-state index is 0.00577. The number of hydrogen-bond acceptors (Lipinski definition) is 3. The van der Waals surface area contributed by atoms with Crippen molar-refractivity contribution in [2.24, 2.45) is 0 Å². The summed E-state index contributed by atoms with van der Waals surface area (Å²) in [5, 5.41) is 8.92. The molecule has 0 bridgehead atoms. The average molecular weight is 290 g/mol. The quantitative estimate of drug-likeness (QED) is 0.928. The molecule has 1 aromatic heterocycles. The number of aromatic nitrogens is 1. The third kappa shape index (κ3) is 3.60. The van der Waals surface area contributed by atoms with Crippen LogP contribution in [0.1, 0.15) is 56.1 Å². The van der Waals surface area contributed by atoms with Crippen LogP contribution in [0.2, 0.25) is 0 Å². The topological polar surface area (TPSA) is 70.5 Å². The van der Waals surface area contributed by atoms with Crippen LogP contribution in [-0.4, -0.2) is 39.5 Å². The summed E-state index contributed by atoms with van der Waals surface area (Å²) in [6.07, 6.45) is 3.34. The highest BCUT2D eigenvalue weighted by molar-refractivity contribution is 5.93. The number of hydrogen-bond donors (Lipinski definition) is 1. The van der Waals surface area contributed by atoms with Crippen LogP contribution in [0, 0.1) is 0 Å². The Hall–Kier alpha value is -1.91. The summed E-state index contributed by atoms with van der Waals surface area (Å²) >= 11 is 0. The van der Waals surface area contributed by atoms with Gasteiger partial charge in [-0.25, -0.2) is 0 Å². The third-order valence-electron chi connectivity index (χ3n) is 3.90. The first-order valence-corrected chi connectivity index (χ1v) is 7.28. The fourth-order valence-electron chi connectivity index (χ4n) is 2.63. The van der Waals surface area contributed by atoms with Crippen molar-refractivity contribution in [1.29, 1.82) is 0 Å². The number of aliphatic carboxylic acids is 1. The highest BCUT2D eigenvalue weighted by Crippen LogP contribution is 2.24. The van der Waals surface area contributed by atoms with Crippen molar-refractivity contribution in [3.63, 3.8) is 0 Å². The minimum atomic E-state index is -0.865. The van der Waals surface area contributed by atoms with Crippen molar-refractivity contribution in [3.8, 4) is 0 Å². The van der Waals surface area contributed by atoms with E-state index in [-0.39, 0.29) is 23.8 Å². The summed E-state index contributed by atoms with van der Waals surface area (Å²) in [6.45, 7) is 6.89. The van der Waals surface area contributed by atoms with Gasteiger partial charge in [0.2, 0.25) is 0 Å². The summed E-state index contributed by atoms with van der Waals surface area (Å²) in [5.41, 5.74) is 1.46. The molecule has 0 spiro atoms. The van der Waals surface area contributed by atoms with Crippen molar-refractivity contribution >= 4 is 11.9 Å². The van der Waals surface area contributed by atoms with Gasteiger partial charge in [-0.1, -0.05) is 26.8 Å². The van der Waals surface area contributed by atoms with Gasteiger partial charge in [-0.05, 0) is 29.9 Å². The van der Waals surface area contributed by atoms with Crippen molar-refractivity contribution in [2.75, 3.05) is 6.54 Å². The second-order valence-corrected chi connectivity index (χ2v) is 6.57. The van der Waals surface area contributed by atoms with Crippen LogP contribution in [0.15, 0.2) is 18.3 Å². The number of nitrogens with zero attached hydrogens (tertiary/aromatic N) is 2. The summed E-state index contributed by atoms with van der Waals surface area (Å²) in [5.74, 6) is -1.03. The number of carboxylic acids is 1. The molecular weight excluding hydrogens is 268 g/mol. The Kier molecular flexibility index (Phi) is 4.30. The number of amides is 1. The molecule has 0 aromatic carbocycles. The predicted molar refractivity (Wildman–Crippen MR) is 79.2 cm³/mol. The zero-order chi connectivity index (χ0) is 15.6. The molecule has 1 fully saturated rings. The fraction of sp³-hybridized carbons (Fsp3) is 0.562. The van der Waals surface area contributed by atoms with E-state index in [9.17, 15) is 9.59 Å². The molecule has 1 aliphatic heterocycles. The smallest absolute Gasteiger partial charge is 0.305 e. The van der Waals surface area contributed by atoms with Gasteiger partial charge < -0.3 is 10.0 Å². The maximum atomic E-state index is 12.5. The van der Waals surface area contributed by atoms with E-state index < -0.39 is 5.97 Å². The Morgan fingerprint density at radius 1 is 1.38 bits per heavy atom. The molecule has 114 valence electrons. The molecule has 21 heavy (non-hydrogen) atoms. The van der Waals surface area contributed by atoms with Crippen LogP contribution < -0.4 is 0 Å². The molecule has 0 saturated carbocycles. The first-order chi connectivity index (χ1) is 9.79. The SMILES string of the molecule is CC(C)(C)c1ccc(C(=O)N2CCCC2CC(=O)O)nc1. The van der Waals surface area contributed by atoms with Crippen LogP contribution in [0.25, 0.3) is 0 Å². The number of carbonyl (C=O) groups excluding carboxylic acids is 1. The van der Waals surface area contributed by atoms with Gasteiger partial charge in [0.1, 0.15) is 5.69 Å². The second-order valence-electron chi connectivity index (χ2n) is 6.57. The molecule has 2 rings (SSSR count). The molecule has 1 aliphatic rings. The largest absolute Gasteiger partial charge is 0.481 e. The Labute approximate surface area is 125 Å². The van der Waals surface area contributed by atoms with E-state index in [4.69, 9.17) is 5.11 Å². The van der Waals surface area contributed by atoms with E-state index in [1.807, 2.05) is 6.07 Å². The Morgan fingerprint density at radius 2 is 2.10 bits per heavy atom. The normalized spacial score (nSPS) is 18.8. The van der Waals surface area contributed by atoms with Gasteiger partial charge in [-0.3, -0.25) is 14.6 Å². The van der Waals surface area contributed by atoms with Crippen LogP contribution >= 0.6 is 0 Å². The Bertz CT molecular complexity index is 531. The molecular formula is C16H22N2O3. The maximum absolute atomic E-state index is 12.5. The lowest BCUT2D eigenvalue weighted by atomic mass is 9.88. The van der Waals surface area contributed by atoms with E-state index >= 15 is 0 Å². The first kappa shape index (κ1) is 15.5. The van der Waals surface area contributed by atoms with Gasteiger partial charge in [0, 0.05) is 18.8 Å². The van der Waals surface area contributed by atoms with Gasteiger partial charge in [0.15, 0.2) is 0 Å². The van der Waals surface area contributed by atoms with Crippen molar-refractivity contribution in [1.82, 2.24) is 9.88 Å². The Balaban J connectivity index is 2.14. The minimum Gasteiger partial charge on any atom is -0.481 e. The van der Waals surface area contributed by atoms with Gasteiger partial charge in [0.05, 0.1) is 6.42 Å². The predicted octanol–water partition coefficient (Wildman–Crippen LogP) is 2.46. The summed E-state index contributed by atoms with van der Waals surface area (Å²) < 4.78 is 0. The summed E-state index contributed by atoms with van der Waals surface area (Å²) in [4.78, 5) is 29.2. The lowest BCUT2D eigenvalue weighted by Crippen LogP contribution is -2.37. The third-order valence-corrected chi connectivity index (χ3v) is 3.90. The van der Waals surface area contributed by atoms with E-state index in [1.54, 1.807) is 17.2 Å². The molecule has 1 aromatic rings. The van der Waals surface area contributed by atoms with E-state index in [2.05, 4.69) is 25.8 Å². The molecule has 1 N–H and O–H groups in total. The molecule has 0 radical (unpaired) electrons. The van der Waals surface area contributed by atoms with Crippen LogP contribution in [0.4, 0.5) is 0 Å². The van der Waals surface area contributed by atoms with E-state index in [0.29, 0.717) is 12.2 Å². The van der Waals surface area contributed by atoms with E-state index in [0.717, 1.165) is 18.4 Å². The van der Waals surface area contributed by atoms with Gasteiger partial charge in [-0.2, -0.15) is 0 Å². The highest BCUT2D eigenvalue weighted by Gasteiger charge is 2.31. The molecule has 2 heterocycles. The number of carbonyl (C=O) groups is 2. The monoisotopic (exact) mass is 290 g/mol. The molecule has 0 aliphatic carbocycles. The van der Waals surface area contributed by atoms with Gasteiger partial charge in [0.25, 0.3) is 5.91 Å². The molecule has 5 heteroatoms. The Morgan fingerprint density at radius 3 is 2.62 bits per heavy atom. The van der Waals surface area contributed by atoms with E-state index in [1.165, 1.54) is 0 Å². The van der Waals surface area contributed by atoms with Crippen LogP contribution in [0.5, 0.6) is 0 Å². The average Bonchev–Trinajstić information content (AvgIpc) is 2.84. The van der Waals surface area contributed by atoms with Crippen LogP contribution in [0.3, 0.4) is 0 Å². The van der Waals surface area contributed by atoms with Crippen molar-refractivity contribution in [2.45, 2.75) is 51.5 Å². The van der Waals surface area contributed by atoms with Crippen molar-refractivity contribution in [3.05, 3.63) is 29.6 Å². The first-order valence-electron chi connectivity index (χ1n) is 7.28. The zero-order valence-corrected chi connectivity index (χ0v) is 12.8. The summed E-state index contributed by atoms with van der Waals surface area (Å²) in [6, 6.07) is 3.45. The highest BCUT2D eigenvalue weighted by atomic mass is 16.4. The molecule has 5 nitrogen and oxygen atoms in total. The van der Waals surface area contributed by atoms with Gasteiger partial charge in [-0.15, -0.1) is 0 Å². The fourth-order valence-corrected chi connectivity index (χ4v) is 2.63. The molecule has 1 saturated heterocycles. The lowest BCUT2D eigenvalue weighted by Gasteiger charge is -2.23. The number of rotatable bonds is 3. The molecule has 1 atom stereocenters. The lowest BCUT2D eigenvalue weighted by molar-refractivity contribution is -0.137.